The van der Waals surface area contributed by atoms with Gasteiger partial charge in [-0.1, -0.05) is 18.2 Å². The molecule has 1 aromatic carbocycles. The zero-order chi connectivity index (χ0) is 31.6. The van der Waals surface area contributed by atoms with E-state index in [1.165, 1.54) is 10.9 Å². The van der Waals surface area contributed by atoms with Gasteiger partial charge in [-0.2, -0.15) is 13.2 Å². The summed E-state index contributed by atoms with van der Waals surface area (Å²) in [6, 6.07) is 7.09. The number of aromatic amines is 1. The minimum Gasteiger partial charge on any atom is -0.480 e. The summed E-state index contributed by atoms with van der Waals surface area (Å²) in [4.78, 5) is 59.6. The molecule has 1 aliphatic rings. The van der Waals surface area contributed by atoms with Gasteiger partial charge in [-0.05, 0) is 12.1 Å². The molecule has 4 rings (SSSR count). The van der Waals surface area contributed by atoms with E-state index in [9.17, 15) is 32.7 Å². The normalized spacial score (nSPS) is 14.2. The standard InChI is InChI=1S/C23H27N7O6.C2HF3O2/c31-13-17(23(34)35)27-18(32)12-30-14-25-19(21(30)28-22(33)15-4-2-1-3-5-15)20-24-10-16(26-20)11-29-6-8-36-9-7-29;3-2(4,5)1(6)7/h1-5,10,14,17,31H,6-9,11-13H2,(H,24,26)(H,27,32)(H,28,33)(H,34,35);(H,6,7)/t17-;/m0./s1. The quantitative estimate of drug-likeness (QED) is 0.186. The van der Waals surface area contributed by atoms with Crippen molar-refractivity contribution in [3.05, 3.63) is 54.1 Å². The van der Waals surface area contributed by atoms with Gasteiger partial charge in [0.1, 0.15) is 24.1 Å². The highest BCUT2D eigenvalue weighted by Gasteiger charge is 2.38. The molecule has 2 amide bonds. The Labute approximate surface area is 241 Å². The number of amides is 2. The van der Waals surface area contributed by atoms with E-state index in [1.807, 2.05) is 0 Å². The molecule has 0 bridgehead atoms. The van der Waals surface area contributed by atoms with Crippen LogP contribution in [0.3, 0.4) is 0 Å². The van der Waals surface area contributed by atoms with Crippen LogP contribution in [-0.2, 0) is 32.2 Å². The molecule has 18 heteroatoms. The van der Waals surface area contributed by atoms with Gasteiger partial charge in [-0.15, -0.1) is 0 Å². The number of aliphatic carboxylic acids is 2. The van der Waals surface area contributed by atoms with Crippen molar-refractivity contribution >= 4 is 29.6 Å². The molecule has 2 aromatic heterocycles. The molecule has 0 aliphatic carbocycles. The number of hydrogen-bond donors (Lipinski definition) is 6. The summed E-state index contributed by atoms with van der Waals surface area (Å²) in [7, 11) is 0. The molecule has 43 heavy (non-hydrogen) atoms. The van der Waals surface area contributed by atoms with Crippen molar-refractivity contribution in [2.24, 2.45) is 0 Å². The zero-order valence-corrected chi connectivity index (χ0v) is 22.4. The minimum absolute atomic E-state index is 0.210. The third kappa shape index (κ3) is 9.62. The van der Waals surface area contributed by atoms with E-state index in [1.54, 1.807) is 36.5 Å². The Kier molecular flexibility index (Phi) is 11.3. The number of benzene rings is 1. The Balaban J connectivity index is 0.000000646. The van der Waals surface area contributed by atoms with Crippen LogP contribution < -0.4 is 10.6 Å². The Hall–Kier alpha value is -4.81. The van der Waals surface area contributed by atoms with Crippen LogP contribution in [0.15, 0.2) is 42.9 Å². The molecule has 0 spiro atoms. The number of carbonyl (C=O) groups is 4. The number of H-pyrrole nitrogens is 1. The third-order valence-corrected chi connectivity index (χ3v) is 5.83. The molecule has 6 N–H and O–H groups in total. The van der Waals surface area contributed by atoms with Gasteiger partial charge in [0.15, 0.2) is 5.82 Å². The molecule has 15 nitrogen and oxygen atoms in total. The van der Waals surface area contributed by atoms with Crippen molar-refractivity contribution in [1.29, 1.82) is 0 Å². The maximum Gasteiger partial charge on any atom is 0.490 e. The lowest BCUT2D eigenvalue weighted by molar-refractivity contribution is -0.192. The molecule has 232 valence electrons. The van der Waals surface area contributed by atoms with Crippen LogP contribution in [0.4, 0.5) is 19.0 Å². The van der Waals surface area contributed by atoms with Crippen molar-refractivity contribution < 1.29 is 52.4 Å². The maximum absolute atomic E-state index is 12.9. The van der Waals surface area contributed by atoms with Crippen molar-refractivity contribution in [2.75, 3.05) is 38.2 Å². The third-order valence-electron chi connectivity index (χ3n) is 5.83. The number of carbonyl (C=O) groups excluding carboxylic acids is 2. The summed E-state index contributed by atoms with van der Waals surface area (Å²) in [6.45, 7) is 2.49. The fraction of sp³-hybridized carbons (Fsp3) is 0.360. The van der Waals surface area contributed by atoms with E-state index in [-0.39, 0.29) is 12.4 Å². The van der Waals surface area contributed by atoms with E-state index in [4.69, 9.17) is 19.7 Å². The van der Waals surface area contributed by atoms with E-state index < -0.39 is 42.6 Å². The number of ether oxygens (including phenoxy) is 1. The summed E-state index contributed by atoms with van der Waals surface area (Å²) >= 11 is 0. The molecule has 1 aliphatic heterocycles. The van der Waals surface area contributed by atoms with Crippen molar-refractivity contribution in [2.45, 2.75) is 25.3 Å². The SMILES string of the molecule is O=C(Cn1cnc(-c2ncc(CN3CCOCC3)[nH]2)c1NC(=O)c1ccccc1)N[C@@H](CO)C(=O)O.O=C(O)C(F)(F)F. The number of nitrogens with zero attached hydrogens (tertiary/aromatic N) is 4. The number of alkyl halides is 3. The minimum atomic E-state index is -5.08. The number of rotatable bonds is 10. The van der Waals surface area contributed by atoms with Crippen LogP contribution in [0.5, 0.6) is 0 Å². The summed E-state index contributed by atoms with van der Waals surface area (Å²) in [5.74, 6) is -4.60. The second kappa shape index (κ2) is 14.9. The molecular weight excluding hydrogens is 583 g/mol. The predicted molar refractivity (Wildman–Crippen MR) is 141 cm³/mol. The molecule has 1 atom stereocenters. The summed E-state index contributed by atoms with van der Waals surface area (Å²) in [6.07, 6.45) is -2.04. The number of halogens is 3. The van der Waals surface area contributed by atoms with Gasteiger partial charge >= 0.3 is 18.1 Å². The molecule has 1 saturated heterocycles. The second-order valence-electron chi connectivity index (χ2n) is 8.98. The first-order valence-electron chi connectivity index (χ1n) is 12.6. The highest BCUT2D eigenvalue weighted by molar-refractivity contribution is 6.05. The van der Waals surface area contributed by atoms with E-state index in [2.05, 4.69) is 30.5 Å². The number of aliphatic hydroxyl groups is 1. The molecule has 1 fully saturated rings. The first-order chi connectivity index (χ1) is 20.4. The number of anilines is 1. The topological polar surface area (TPSA) is 212 Å². The van der Waals surface area contributed by atoms with Gasteiger partial charge in [-0.3, -0.25) is 14.5 Å². The highest BCUT2D eigenvalue weighted by Crippen LogP contribution is 2.25. The van der Waals surface area contributed by atoms with Crippen LogP contribution in [0.2, 0.25) is 0 Å². The van der Waals surface area contributed by atoms with Gasteiger partial charge in [-0.25, -0.2) is 19.6 Å². The molecule has 0 unspecified atom stereocenters. The average molecular weight is 612 g/mol. The lowest BCUT2D eigenvalue weighted by Gasteiger charge is -2.25. The van der Waals surface area contributed by atoms with Crippen LogP contribution in [0.25, 0.3) is 11.5 Å². The number of hydrogen-bond acceptors (Lipinski definition) is 9. The van der Waals surface area contributed by atoms with Gasteiger partial charge < -0.3 is 40.2 Å². The number of carboxylic acids is 2. The maximum atomic E-state index is 12.9. The summed E-state index contributed by atoms with van der Waals surface area (Å²) in [5, 5.41) is 30.4. The Bertz CT molecular complexity index is 1410. The first kappa shape index (κ1) is 32.7. The largest absolute Gasteiger partial charge is 0.490 e. The summed E-state index contributed by atoms with van der Waals surface area (Å²) in [5.41, 5.74) is 1.57. The Morgan fingerprint density at radius 2 is 1.72 bits per heavy atom. The fourth-order valence-corrected chi connectivity index (χ4v) is 3.72. The lowest BCUT2D eigenvalue weighted by Crippen LogP contribution is -2.44. The van der Waals surface area contributed by atoms with Crippen LogP contribution in [0.1, 0.15) is 16.1 Å². The highest BCUT2D eigenvalue weighted by atomic mass is 19.4. The summed E-state index contributed by atoms with van der Waals surface area (Å²) < 4.78 is 38.5. The number of nitrogens with one attached hydrogen (secondary N) is 3. The monoisotopic (exact) mass is 611 g/mol. The van der Waals surface area contributed by atoms with Crippen molar-refractivity contribution in [3.8, 4) is 11.5 Å². The number of aromatic nitrogens is 4. The lowest BCUT2D eigenvalue weighted by atomic mass is 10.2. The molecular formula is C25H28F3N7O8. The van der Waals surface area contributed by atoms with Gasteiger partial charge in [0, 0.05) is 30.9 Å². The number of carboxylic acid groups (broad SMARTS) is 2. The Morgan fingerprint density at radius 3 is 2.30 bits per heavy atom. The zero-order valence-electron chi connectivity index (χ0n) is 22.4. The molecule has 0 saturated carbocycles. The average Bonchev–Trinajstić information content (AvgIpc) is 3.59. The van der Waals surface area contributed by atoms with Crippen molar-refractivity contribution in [3.63, 3.8) is 0 Å². The van der Waals surface area contributed by atoms with E-state index >= 15 is 0 Å². The van der Waals surface area contributed by atoms with E-state index in [0.717, 1.165) is 18.8 Å². The van der Waals surface area contributed by atoms with Crippen LogP contribution in [-0.4, -0.2) is 109 Å². The number of morpholine rings is 1. The van der Waals surface area contributed by atoms with Gasteiger partial charge in [0.2, 0.25) is 5.91 Å². The molecule has 3 aromatic rings. The fourth-order valence-electron chi connectivity index (χ4n) is 3.72. The molecule has 3 heterocycles. The van der Waals surface area contributed by atoms with Crippen molar-refractivity contribution in [1.82, 2.24) is 29.7 Å². The smallest absolute Gasteiger partial charge is 0.480 e. The van der Waals surface area contributed by atoms with Gasteiger partial charge in [0.05, 0.1) is 32.3 Å². The first-order valence-corrected chi connectivity index (χ1v) is 12.6. The van der Waals surface area contributed by atoms with Gasteiger partial charge in [0.25, 0.3) is 5.91 Å². The van der Waals surface area contributed by atoms with Crippen LogP contribution >= 0.6 is 0 Å². The van der Waals surface area contributed by atoms with E-state index in [0.29, 0.717) is 36.8 Å². The Morgan fingerprint density at radius 1 is 1.07 bits per heavy atom. The van der Waals surface area contributed by atoms with Crippen LogP contribution in [0, 0.1) is 0 Å². The molecule has 0 radical (unpaired) electrons. The predicted octanol–water partition coefficient (Wildman–Crippen LogP) is 0.553. The second-order valence-corrected chi connectivity index (χ2v) is 8.98. The number of imidazole rings is 2. The number of aliphatic hydroxyl groups excluding tert-OH is 1.